The van der Waals surface area contributed by atoms with E-state index in [2.05, 4.69) is 0 Å². The Balaban J connectivity index is 1.70. The number of amides is 3. The molecule has 142 valence electrons. The maximum atomic E-state index is 13.1. The summed E-state index contributed by atoms with van der Waals surface area (Å²) in [5.74, 6) is -2.11. The van der Waals surface area contributed by atoms with Crippen molar-refractivity contribution in [3.05, 3.63) is 40.2 Å². The van der Waals surface area contributed by atoms with Gasteiger partial charge in [0.25, 0.3) is 0 Å². The molecule has 1 saturated carbocycles. The number of furan rings is 1. The molecule has 0 radical (unpaired) electrons. The predicted molar refractivity (Wildman–Crippen MR) is 91.0 cm³/mol. The van der Waals surface area contributed by atoms with Crippen LogP contribution in [0.4, 0.5) is 5.88 Å². The molecule has 2 heterocycles. The smallest absolute Gasteiger partial charge is 0.404 e. The van der Waals surface area contributed by atoms with Crippen LogP contribution in [0.15, 0.2) is 28.7 Å². The van der Waals surface area contributed by atoms with Gasteiger partial charge < -0.3 is 9.32 Å². The lowest BCUT2D eigenvalue weighted by Gasteiger charge is -2.26. The summed E-state index contributed by atoms with van der Waals surface area (Å²) in [5.41, 5.74) is 0. The average molecular weight is 373 g/mol. The molecule has 1 aliphatic heterocycles. The number of nitro groups is 1. The highest BCUT2D eigenvalue weighted by Gasteiger charge is 2.61. The lowest BCUT2D eigenvalue weighted by Crippen LogP contribution is -2.39. The topological polar surface area (TPSA) is 114 Å². The first-order valence-corrected chi connectivity index (χ1v) is 8.79. The van der Waals surface area contributed by atoms with Gasteiger partial charge in [0.2, 0.25) is 17.7 Å². The number of hydrogen-bond donors (Lipinski definition) is 0. The Morgan fingerprint density at radius 2 is 1.85 bits per heavy atom. The molecule has 0 aromatic carbocycles. The second-order valence-corrected chi connectivity index (χ2v) is 7.49. The van der Waals surface area contributed by atoms with Gasteiger partial charge in [0.1, 0.15) is 16.7 Å². The number of carbonyl (C=O) groups is 3. The van der Waals surface area contributed by atoms with Crippen molar-refractivity contribution in [2.24, 2.45) is 23.7 Å². The van der Waals surface area contributed by atoms with Crippen LogP contribution in [0.3, 0.4) is 0 Å². The van der Waals surface area contributed by atoms with Crippen LogP contribution < -0.4 is 0 Å². The van der Waals surface area contributed by atoms with Crippen molar-refractivity contribution >= 4 is 23.6 Å². The van der Waals surface area contributed by atoms with Crippen molar-refractivity contribution in [3.63, 3.8) is 0 Å². The van der Waals surface area contributed by atoms with Crippen LogP contribution in [0.5, 0.6) is 0 Å². The van der Waals surface area contributed by atoms with E-state index >= 15 is 0 Å². The molecule has 9 heteroatoms. The van der Waals surface area contributed by atoms with Gasteiger partial charge in [-0.25, -0.2) is 0 Å². The highest BCUT2D eigenvalue weighted by atomic mass is 16.6. The van der Waals surface area contributed by atoms with Gasteiger partial charge >= 0.3 is 5.88 Å². The Bertz CT molecular complexity index is 842. The molecule has 2 bridgehead atoms. The molecule has 3 amide bonds. The van der Waals surface area contributed by atoms with Crippen LogP contribution in [-0.2, 0) is 14.4 Å². The summed E-state index contributed by atoms with van der Waals surface area (Å²) in [5, 5.41) is 11.0. The first-order valence-electron chi connectivity index (χ1n) is 8.79. The van der Waals surface area contributed by atoms with Crippen molar-refractivity contribution in [2.45, 2.75) is 18.9 Å². The normalized spacial score (nSPS) is 29.3. The molecule has 5 atom stereocenters. The minimum Gasteiger partial charge on any atom is -0.404 e. The van der Waals surface area contributed by atoms with E-state index < -0.39 is 28.7 Å². The van der Waals surface area contributed by atoms with E-state index in [9.17, 15) is 24.5 Å². The number of fused-ring (bicyclic) bond motifs is 5. The highest BCUT2D eigenvalue weighted by Crippen LogP contribution is 2.54. The van der Waals surface area contributed by atoms with E-state index in [-0.39, 0.29) is 41.7 Å². The molecule has 0 N–H and O–H groups in total. The zero-order chi connectivity index (χ0) is 19.5. The lowest BCUT2D eigenvalue weighted by molar-refractivity contribution is -0.402. The fourth-order valence-electron chi connectivity index (χ4n) is 4.52. The number of imide groups is 1. The maximum absolute atomic E-state index is 13.1. The van der Waals surface area contributed by atoms with E-state index in [1.807, 2.05) is 12.2 Å². The van der Waals surface area contributed by atoms with E-state index in [0.29, 0.717) is 0 Å². The average Bonchev–Trinajstić information content (AvgIpc) is 3.37. The molecule has 2 aliphatic carbocycles. The third-order valence-corrected chi connectivity index (χ3v) is 5.80. The number of nitrogens with zero attached hydrogens (tertiary/aromatic N) is 3. The SMILES string of the molecule is CN(C)C(=O)CC(c1ccc([N+](=O)[O-])o1)N1C(=O)C2C3C=CC(C3)C2C1=O. The minimum absolute atomic E-state index is 0.0394. The quantitative estimate of drug-likeness (QED) is 0.334. The van der Waals surface area contributed by atoms with Crippen LogP contribution in [0.2, 0.25) is 0 Å². The molecule has 27 heavy (non-hydrogen) atoms. The second kappa shape index (κ2) is 6.04. The molecule has 4 rings (SSSR count). The van der Waals surface area contributed by atoms with Gasteiger partial charge in [-0.15, -0.1) is 0 Å². The Morgan fingerprint density at radius 1 is 1.26 bits per heavy atom. The fraction of sp³-hybridized carbons (Fsp3) is 0.500. The van der Waals surface area contributed by atoms with Crippen molar-refractivity contribution in [2.75, 3.05) is 14.1 Å². The highest BCUT2D eigenvalue weighted by molar-refractivity contribution is 6.07. The van der Waals surface area contributed by atoms with Crippen molar-refractivity contribution in [3.8, 4) is 0 Å². The van der Waals surface area contributed by atoms with Crippen LogP contribution >= 0.6 is 0 Å². The standard InChI is InChI=1S/C18H19N3O6/c1-19(2)13(22)8-11(12-5-6-14(27-12)21(25)26)20-17(23)15-9-3-4-10(7-9)16(15)18(20)24/h3-6,9-11,15-16H,7-8H2,1-2H3. The largest absolute Gasteiger partial charge is 0.433 e. The summed E-state index contributed by atoms with van der Waals surface area (Å²) in [6, 6.07) is 1.53. The Hall–Kier alpha value is -2.97. The predicted octanol–water partition coefficient (Wildman–Crippen LogP) is 1.51. The summed E-state index contributed by atoms with van der Waals surface area (Å²) in [7, 11) is 3.13. The molecule has 1 aromatic rings. The zero-order valence-electron chi connectivity index (χ0n) is 14.9. The fourth-order valence-corrected chi connectivity index (χ4v) is 4.52. The van der Waals surface area contributed by atoms with E-state index in [0.717, 1.165) is 11.3 Å². The zero-order valence-corrected chi connectivity index (χ0v) is 14.9. The van der Waals surface area contributed by atoms with E-state index in [1.165, 1.54) is 17.0 Å². The third kappa shape index (κ3) is 2.56. The molecule has 2 fully saturated rings. The maximum Gasteiger partial charge on any atom is 0.433 e. The molecular weight excluding hydrogens is 354 g/mol. The van der Waals surface area contributed by atoms with Crippen LogP contribution in [-0.4, -0.2) is 46.5 Å². The number of hydrogen-bond acceptors (Lipinski definition) is 6. The van der Waals surface area contributed by atoms with Crippen LogP contribution in [0, 0.1) is 33.8 Å². The summed E-state index contributed by atoms with van der Waals surface area (Å²) in [4.78, 5) is 51.2. The Morgan fingerprint density at radius 3 is 2.33 bits per heavy atom. The van der Waals surface area contributed by atoms with Gasteiger partial charge in [-0.2, -0.15) is 0 Å². The number of carbonyl (C=O) groups excluding carboxylic acids is 3. The lowest BCUT2D eigenvalue weighted by atomic mass is 9.85. The van der Waals surface area contributed by atoms with Crippen molar-refractivity contribution in [1.82, 2.24) is 9.80 Å². The number of likely N-dealkylation sites (tertiary alicyclic amines) is 1. The van der Waals surface area contributed by atoms with Crippen LogP contribution in [0.25, 0.3) is 0 Å². The summed E-state index contributed by atoms with van der Waals surface area (Å²) < 4.78 is 5.26. The molecule has 5 unspecified atom stereocenters. The molecule has 1 saturated heterocycles. The summed E-state index contributed by atoms with van der Waals surface area (Å²) in [6.07, 6.45) is 4.59. The van der Waals surface area contributed by atoms with Gasteiger partial charge in [-0.1, -0.05) is 12.2 Å². The third-order valence-electron chi connectivity index (χ3n) is 5.80. The first-order chi connectivity index (χ1) is 12.8. The van der Waals surface area contributed by atoms with Gasteiger partial charge in [-0.05, 0) is 24.3 Å². The molecule has 9 nitrogen and oxygen atoms in total. The van der Waals surface area contributed by atoms with Gasteiger partial charge in [0, 0.05) is 14.1 Å². The number of rotatable bonds is 5. The molecule has 3 aliphatic rings. The van der Waals surface area contributed by atoms with Gasteiger partial charge in [0.15, 0.2) is 0 Å². The monoisotopic (exact) mass is 373 g/mol. The summed E-state index contributed by atoms with van der Waals surface area (Å²) >= 11 is 0. The Labute approximate surface area is 154 Å². The number of allylic oxidation sites excluding steroid dienone is 2. The van der Waals surface area contributed by atoms with Crippen LogP contribution in [0.1, 0.15) is 24.6 Å². The van der Waals surface area contributed by atoms with Crippen molar-refractivity contribution in [1.29, 1.82) is 0 Å². The van der Waals surface area contributed by atoms with Gasteiger partial charge in [0.05, 0.1) is 24.3 Å². The molecule has 1 aromatic heterocycles. The van der Waals surface area contributed by atoms with E-state index in [4.69, 9.17) is 4.42 Å². The molecule has 0 spiro atoms. The van der Waals surface area contributed by atoms with Gasteiger partial charge in [-0.3, -0.25) is 29.4 Å². The molecular formula is C18H19N3O6. The minimum atomic E-state index is -0.987. The summed E-state index contributed by atoms with van der Waals surface area (Å²) in [6.45, 7) is 0. The first kappa shape index (κ1) is 17.4. The second-order valence-electron chi connectivity index (χ2n) is 7.49. The Kier molecular flexibility index (Phi) is 3.90. The van der Waals surface area contributed by atoms with Crippen molar-refractivity contribution < 1.29 is 23.7 Å². The van der Waals surface area contributed by atoms with E-state index in [1.54, 1.807) is 14.1 Å².